The number of hydrogen-bond acceptors (Lipinski definition) is 5. The molecule has 7 nitrogen and oxygen atoms in total. The van der Waals surface area contributed by atoms with Gasteiger partial charge in [0.2, 0.25) is 0 Å². The van der Waals surface area contributed by atoms with Gasteiger partial charge in [0.15, 0.2) is 5.58 Å². The molecule has 0 fully saturated rings. The highest BCUT2D eigenvalue weighted by Gasteiger charge is 2.11. The molecule has 0 aliphatic heterocycles. The molecule has 25 heavy (non-hydrogen) atoms. The molecule has 1 atom stereocenters. The van der Waals surface area contributed by atoms with Crippen molar-refractivity contribution in [2.45, 2.75) is 26.5 Å². The SMILES string of the molecule is CCOc1ccc(OCc2ccc3oc(C(C)N=[N+]=[N-])cc3n2)cc1. The summed E-state index contributed by atoms with van der Waals surface area (Å²) in [7, 11) is 0. The number of azide groups is 1. The highest BCUT2D eigenvalue weighted by atomic mass is 16.5. The van der Waals surface area contributed by atoms with Crippen molar-refractivity contribution in [1.29, 1.82) is 0 Å². The van der Waals surface area contributed by atoms with Crippen LogP contribution in [0.2, 0.25) is 0 Å². The minimum atomic E-state index is -0.372. The zero-order valence-corrected chi connectivity index (χ0v) is 14.0. The van der Waals surface area contributed by atoms with E-state index < -0.39 is 0 Å². The van der Waals surface area contributed by atoms with Gasteiger partial charge in [-0.15, -0.1) is 0 Å². The second kappa shape index (κ2) is 7.59. The molecule has 3 rings (SSSR count). The standard InChI is InChI=1S/C18H18N4O3/c1-3-23-14-5-7-15(8-6-14)24-11-13-4-9-17-16(20-13)10-18(25-17)12(2)21-22-19/h4-10,12H,3,11H2,1-2H3. The molecule has 2 heterocycles. The van der Waals surface area contributed by atoms with Crippen LogP contribution in [0, 0.1) is 0 Å². The first kappa shape index (κ1) is 16.7. The van der Waals surface area contributed by atoms with Gasteiger partial charge in [0.05, 0.1) is 18.3 Å². The quantitative estimate of drug-likeness (QED) is 0.337. The number of benzene rings is 1. The van der Waals surface area contributed by atoms with Crippen LogP contribution in [0.15, 0.2) is 52.0 Å². The van der Waals surface area contributed by atoms with E-state index in [1.807, 2.05) is 43.3 Å². The summed E-state index contributed by atoms with van der Waals surface area (Å²) in [6.45, 7) is 4.69. The number of ether oxygens (including phenoxy) is 2. The van der Waals surface area contributed by atoms with Crippen LogP contribution in [0.3, 0.4) is 0 Å². The van der Waals surface area contributed by atoms with Gasteiger partial charge in [0.25, 0.3) is 0 Å². The molecule has 0 saturated carbocycles. The van der Waals surface area contributed by atoms with Crippen LogP contribution in [-0.4, -0.2) is 11.6 Å². The average Bonchev–Trinajstić information content (AvgIpc) is 3.05. The van der Waals surface area contributed by atoms with Gasteiger partial charge in [-0.1, -0.05) is 5.11 Å². The number of aromatic nitrogens is 1. The van der Waals surface area contributed by atoms with Crippen LogP contribution >= 0.6 is 0 Å². The van der Waals surface area contributed by atoms with Gasteiger partial charge in [-0.05, 0) is 55.8 Å². The number of fused-ring (bicyclic) bond motifs is 1. The highest BCUT2D eigenvalue weighted by molar-refractivity contribution is 5.73. The monoisotopic (exact) mass is 338 g/mol. The lowest BCUT2D eigenvalue weighted by atomic mass is 10.2. The maximum Gasteiger partial charge on any atom is 0.152 e. The van der Waals surface area contributed by atoms with Crippen molar-refractivity contribution in [3.05, 3.63) is 64.4 Å². The predicted octanol–water partition coefficient (Wildman–Crippen LogP) is 5.18. The summed E-state index contributed by atoms with van der Waals surface area (Å²) < 4.78 is 16.8. The Labute approximate surface area is 144 Å². The van der Waals surface area contributed by atoms with E-state index in [0.29, 0.717) is 30.1 Å². The fourth-order valence-electron chi connectivity index (χ4n) is 2.36. The highest BCUT2D eigenvalue weighted by Crippen LogP contribution is 2.25. The molecule has 0 N–H and O–H groups in total. The first-order valence-electron chi connectivity index (χ1n) is 7.99. The van der Waals surface area contributed by atoms with Gasteiger partial charge in [0, 0.05) is 11.0 Å². The first-order chi connectivity index (χ1) is 12.2. The number of rotatable bonds is 7. The smallest absolute Gasteiger partial charge is 0.152 e. The van der Waals surface area contributed by atoms with Crippen molar-refractivity contribution in [3.8, 4) is 11.5 Å². The van der Waals surface area contributed by atoms with Gasteiger partial charge in [-0.25, -0.2) is 4.98 Å². The number of pyridine rings is 1. The Morgan fingerprint density at radius 1 is 1.16 bits per heavy atom. The summed E-state index contributed by atoms with van der Waals surface area (Å²) in [6.07, 6.45) is 0. The van der Waals surface area contributed by atoms with E-state index in [1.54, 1.807) is 13.0 Å². The molecular weight excluding hydrogens is 320 g/mol. The molecule has 1 unspecified atom stereocenters. The zero-order chi connectivity index (χ0) is 17.6. The summed E-state index contributed by atoms with van der Waals surface area (Å²) in [4.78, 5) is 7.32. The van der Waals surface area contributed by atoms with Crippen LogP contribution in [0.5, 0.6) is 11.5 Å². The molecule has 0 bridgehead atoms. The molecule has 128 valence electrons. The third kappa shape index (κ3) is 4.02. The molecular formula is C18H18N4O3. The fraction of sp³-hybridized carbons (Fsp3) is 0.278. The Morgan fingerprint density at radius 3 is 2.56 bits per heavy atom. The normalized spacial score (nSPS) is 11.8. The van der Waals surface area contributed by atoms with Crippen molar-refractivity contribution < 1.29 is 13.9 Å². The van der Waals surface area contributed by atoms with Crippen molar-refractivity contribution >= 4 is 11.1 Å². The van der Waals surface area contributed by atoms with Gasteiger partial charge < -0.3 is 13.9 Å². The number of nitrogens with zero attached hydrogens (tertiary/aromatic N) is 4. The summed E-state index contributed by atoms with van der Waals surface area (Å²) in [5.74, 6) is 2.15. The van der Waals surface area contributed by atoms with E-state index in [9.17, 15) is 0 Å². The molecule has 0 aliphatic rings. The average molecular weight is 338 g/mol. The molecule has 2 aromatic heterocycles. The summed E-state index contributed by atoms with van der Waals surface area (Å²) in [5, 5.41) is 3.63. The maximum atomic E-state index is 8.52. The topological polar surface area (TPSA) is 93.2 Å². The maximum absolute atomic E-state index is 8.52. The Hall–Kier alpha value is -3.18. The minimum Gasteiger partial charge on any atom is -0.494 e. The van der Waals surface area contributed by atoms with E-state index in [0.717, 1.165) is 17.2 Å². The molecule has 0 spiro atoms. The molecule has 0 saturated heterocycles. The molecule has 1 aromatic carbocycles. The molecule has 3 aromatic rings. The Balaban J connectivity index is 1.70. The second-order valence-electron chi connectivity index (χ2n) is 5.41. The number of furan rings is 1. The Morgan fingerprint density at radius 2 is 1.88 bits per heavy atom. The van der Waals surface area contributed by atoms with E-state index in [-0.39, 0.29) is 6.04 Å². The van der Waals surface area contributed by atoms with Crippen molar-refractivity contribution in [2.75, 3.05) is 6.61 Å². The van der Waals surface area contributed by atoms with Crippen LogP contribution < -0.4 is 9.47 Å². The predicted molar refractivity (Wildman–Crippen MR) is 93.5 cm³/mol. The first-order valence-corrected chi connectivity index (χ1v) is 7.99. The lowest BCUT2D eigenvalue weighted by Crippen LogP contribution is -1.98. The van der Waals surface area contributed by atoms with E-state index in [4.69, 9.17) is 19.4 Å². The van der Waals surface area contributed by atoms with Gasteiger partial charge >= 0.3 is 0 Å². The molecule has 7 heteroatoms. The van der Waals surface area contributed by atoms with Crippen LogP contribution in [-0.2, 0) is 6.61 Å². The van der Waals surface area contributed by atoms with E-state index >= 15 is 0 Å². The third-order valence-electron chi connectivity index (χ3n) is 3.61. The molecule has 0 amide bonds. The van der Waals surface area contributed by atoms with Gasteiger partial charge in [-0.2, -0.15) is 0 Å². The number of hydrogen-bond donors (Lipinski definition) is 0. The van der Waals surface area contributed by atoms with Crippen molar-refractivity contribution in [2.24, 2.45) is 5.11 Å². The summed E-state index contributed by atoms with van der Waals surface area (Å²) in [5.41, 5.74) is 10.7. The molecule has 0 radical (unpaired) electrons. The zero-order valence-electron chi connectivity index (χ0n) is 14.0. The summed E-state index contributed by atoms with van der Waals surface area (Å²) in [6, 6.07) is 12.6. The lowest BCUT2D eigenvalue weighted by molar-refractivity contribution is 0.300. The second-order valence-corrected chi connectivity index (χ2v) is 5.41. The molecule has 0 aliphatic carbocycles. The van der Waals surface area contributed by atoms with Crippen LogP contribution in [0.25, 0.3) is 21.5 Å². The Kier molecular flexibility index (Phi) is 5.06. The third-order valence-corrected chi connectivity index (χ3v) is 3.61. The largest absolute Gasteiger partial charge is 0.494 e. The van der Waals surface area contributed by atoms with Gasteiger partial charge in [-0.3, -0.25) is 0 Å². The Bertz CT molecular complexity index is 898. The van der Waals surface area contributed by atoms with Crippen molar-refractivity contribution in [3.63, 3.8) is 0 Å². The lowest BCUT2D eigenvalue weighted by Gasteiger charge is -2.07. The van der Waals surface area contributed by atoms with Crippen LogP contribution in [0.4, 0.5) is 0 Å². The minimum absolute atomic E-state index is 0.344. The summed E-state index contributed by atoms with van der Waals surface area (Å²) >= 11 is 0. The van der Waals surface area contributed by atoms with Crippen molar-refractivity contribution in [1.82, 2.24) is 4.98 Å². The van der Waals surface area contributed by atoms with E-state index in [1.165, 1.54) is 0 Å². The van der Waals surface area contributed by atoms with Gasteiger partial charge in [0.1, 0.15) is 29.4 Å². The fourth-order valence-corrected chi connectivity index (χ4v) is 2.36. The van der Waals surface area contributed by atoms with E-state index in [2.05, 4.69) is 15.0 Å². The van der Waals surface area contributed by atoms with Crippen LogP contribution in [0.1, 0.15) is 31.3 Å².